The van der Waals surface area contributed by atoms with E-state index in [9.17, 15) is 13.6 Å². The number of halogens is 2. The van der Waals surface area contributed by atoms with Crippen LogP contribution in [0.15, 0.2) is 35.2 Å². The predicted molar refractivity (Wildman–Crippen MR) is 63.3 cm³/mol. The first-order chi connectivity index (χ1) is 8.04. The molecule has 92 valence electrons. The molecule has 0 spiro atoms. The molecule has 0 unspecified atom stereocenters. The van der Waals surface area contributed by atoms with Crippen molar-refractivity contribution < 1.29 is 13.6 Å². The molecule has 0 radical (unpaired) electrons. The number of rotatable bonds is 2. The molecule has 0 saturated carbocycles. The number of thioether (sulfide) groups is 1. The number of hydrogen-bond donors (Lipinski definition) is 0. The Morgan fingerprint density at radius 1 is 1.41 bits per heavy atom. The summed E-state index contributed by atoms with van der Waals surface area (Å²) >= 11 is 0.654. The first-order valence-corrected chi connectivity index (χ1v) is 6.18. The highest BCUT2D eigenvalue weighted by atomic mass is 32.2. The van der Waals surface area contributed by atoms with Gasteiger partial charge in [-0.3, -0.25) is 4.79 Å². The first kappa shape index (κ1) is 12.4. The normalized spacial score (nSPS) is 29.5. The molecular formula is C12H13F2NOS. The van der Waals surface area contributed by atoms with Gasteiger partial charge in [0, 0.05) is 24.9 Å². The summed E-state index contributed by atoms with van der Waals surface area (Å²) in [7, 11) is 1.49. The summed E-state index contributed by atoms with van der Waals surface area (Å²) in [4.78, 5) is 13.6. The van der Waals surface area contributed by atoms with Crippen molar-refractivity contribution in [3.8, 4) is 0 Å². The second kappa shape index (κ2) is 4.64. The molecule has 1 aliphatic heterocycles. The summed E-state index contributed by atoms with van der Waals surface area (Å²) in [6, 6.07) is 8.59. The lowest BCUT2D eigenvalue weighted by Crippen LogP contribution is -2.53. The maximum atomic E-state index is 14.5. The number of hydrogen-bond acceptors (Lipinski definition) is 2. The van der Waals surface area contributed by atoms with Crippen LogP contribution < -0.4 is 0 Å². The summed E-state index contributed by atoms with van der Waals surface area (Å²) in [5, 5.41) is -2.49. The van der Waals surface area contributed by atoms with Crippen LogP contribution in [0.25, 0.3) is 0 Å². The summed E-state index contributed by atoms with van der Waals surface area (Å²) in [5.41, 5.74) is 0. The van der Waals surface area contributed by atoms with Gasteiger partial charge in [0.15, 0.2) is 6.17 Å². The number of piperidine rings is 1. The number of likely N-dealkylation sites (tertiary alicyclic amines) is 1. The van der Waals surface area contributed by atoms with E-state index in [1.165, 1.54) is 11.9 Å². The van der Waals surface area contributed by atoms with Gasteiger partial charge in [-0.2, -0.15) is 0 Å². The molecule has 0 bridgehead atoms. The van der Waals surface area contributed by atoms with E-state index >= 15 is 0 Å². The van der Waals surface area contributed by atoms with Crippen LogP contribution in [-0.4, -0.2) is 35.6 Å². The molecular weight excluding hydrogens is 244 g/mol. The first-order valence-electron chi connectivity index (χ1n) is 5.36. The molecule has 0 aliphatic carbocycles. The van der Waals surface area contributed by atoms with Crippen molar-refractivity contribution in [2.75, 3.05) is 13.6 Å². The minimum Gasteiger partial charge on any atom is -0.342 e. The Labute approximate surface area is 103 Å². The Hall–Kier alpha value is -1.10. The maximum absolute atomic E-state index is 14.5. The molecule has 2 rings (SSSR count). The van der Waals surface area contributed by atoms with Crippen molar-refractivity contribution >= 4 is 17.7 Å². The minimum atomic E-state index is -2.49. The van der Waals surface area contributed by atoms with Crippen LogP contribution in [0.2, 0.25) is 0 Å². The van der Waals surface area contributed by atoms with Gasteiger partial charge in [-0.1, -0.05) is 30.0 Å². The van der Waals surface area contributed by atoms with Crippen molar-refractivity contribution in [2.45, 2.75) is 22.5 Å². The zero-order valence-electron chi connectivity index (χ0n) is 9.40. The van der Waals surface area contributed by atoms with E-state index in [1.54, 1.807) is 30.3 Å². The molecule has 1 aromatic carbocycles. The SMILES string of the molecule is CN1CC[C@H](F)[C@](F)(Sc2ccccc2)C1=O. The smallest absolute Gasteiger partial charge is 0.274 e. The molecule has 0 aromatic heterocycles. The zero-order chi connectivity index (χ0) is 12.5. The van der Waals surface area contributed by atoms with Crippen molar-refractivity contribution in [3.05, 3.63) is 30.3 Å². The predicted octanol–water partition coefficient (Wildman–Crippen LogP) is 2.64. The number of nitrogens with zero attached hydrogens (tertiary/aromatic N) is 1. The highest BCUT2D eigenvalue weighted by Gasteiger charge is 2.52. The highest BCUT2D eigenvalue weighted by Crippen LogP contribution is 2.43. The van der Waals surface area contributed by atoms with Crippen molar-refractivity contribution in [1.29, 1.82) is 0 Å². The van der Waals surface area contributed by atoms with Crippen molar-refractivity contribution in [2.24, 2.45) is 0 Å². The lowest BCUT2D eigenvalue weighted by Gasteiger charge is -2.36. The fraction of sp³-hybridized carbons (Fsp3) is 0.417. The van der Waals surface area contributed by atoms with Gasteiger partial charge in [0.05, 0.1) is 0 Å². The molecule has 1 heterocycles. The van der Waals surface area contributed by atoms with Gasteiger partial charge in [-0.05, 0) is 12.1 Å². The number of carbonyl (C=O) groups excluding carboxylic acids is 1. The molecule has 2 nitrogen and oxygen atoms in total. The lowest BCUT2D eigenvalue weighted by molar-refractivity contribution is -0.144. The third-order valence-electron chi connectivity index (χ3n) is 2.77. The summed E-state index contributed by atoms with van der Waals surface area (Å²) < 4.78 is 28.2. The largest absolute Gasteiger partial charge is 0.342 e. The summed E-state index contributed by atoms with van der Waals surface area (Å²) in [6.45, 7) is 0.265. The van der Waals surface area contributed by atoms with E-state index in [0.717, 1.165) is 0 Å². The molecule has 1 saturated heterocycles. The quantitative estimate of drug-likeness (QED) is 0.811. The Bertz CT molecular complexity index is 414. The van der Waals surface area contributed by atoms with Gasteiger partial charge in [0.2, 0.25) is 0 Å². The Balaban J connectivity index is 2.24. The van der Waals surface area contributed by atoms with Gasteiger partial charge in [-0.25, -0.2) is 8.78 Å². The minimum absolute atomic E-state index is 0.0403. The monoisotopic (exact) mass is 257 g/mol. The molecule has 0 N–H and O–H groups in total. The van der Waals surface area contributed by atoms with Crippen LogP contribution in [0.1, 0.15) is 6.42 Å². The Morgan fingerprint density at radius 2 is 2.06 bits per heavy atom. The summed E-state index contributed by atoms with van der Waals surface area (Å²) in [5.74, 6) is -0.787. The average molecular weight is 257 g/mol. The van der Waals surface area contributed by atoms with Crippen LogP contribution in [0.4, 0.5) is 8.78 Å². The third-order valence-corrected chi connectivity index (χ3v) is 4.00. The van der Waals surface area contributed by atoms with Crippen LogP contribution in [-0.2, 0) is 4.79 Å². The molecule has 1 aromatic rings. The zero-order valence-corrected chi connectivity index (χ0v) is 10.2. The van der Waals surface area contributed by atoms with Crippen LogP contribution in [0, 0.1) is 0 Å². The van der Waals surface area contributed by atoms with E-state index in [-0.39, 0.29) is 13.0 Å². The van der Waals surface area contributed by atoms with Gasteiger partial charge >= 0.3 is 0 Å². The Kier molecular flexibility index (Phi) is 3.38. The van der Waals surface area contributed by atoms with Gasteiger partial charge in [-0.15, -0.1) is 0 Å². The van der Waals surface area contributed by atoms with Gasteiger partial charge < -0.3 is 4.90 Å². The lowest BCUT2D eigenvalue weighted by atomic mass is 10.1. The van der Waals surface area contributed by atoms with Gasteiger partial charge in [0.1, 0.15) is 0 Å². The van der Waals surface area contributed by atoms with Gasteiger partial charge in [0.25, 0.3) is 10.9 Å². The van der Waals surface area contributed by atoms with Crippen LogP contribution >= 0.6 is 11.8 Å². The second-order valence-electron chi connectivity index (χ2n) is 4.04. The van der Waals surface area contributed by atoms with E-state index in [0.29, 0.717) is 16.7 Å². The van der Waals surface area contributed by atoms with Crippen molar-refractivity contribution in [3.63, 3.8) is 0 Å². The molecule has 17 heavy (non-hydrogen) atoms. The van der Waals surface area contributed by atoms with Crippen LogP contribution in [0.5, 0.6) is 0 Å². The van der Waals surface area contributed by atoms with E-state index < -0.39 is 17.1 Å². The fourth-order valence-corrected chi connectivity index (χ4v) is 2.88. The maximum Gasteiger partial charge on any atom is 0.274 e. The van der Waals surface area contributed by atoms with E-state index in [2.05, 4.69) is 0 Å². The van der Waals surface area contributed by atoms with Crippen molar-refractivity contribution in [1.82, 2.24) is 4.90 Å². The molecule has 2 atom stereocenters. The molecule has 5 heteroatoms. The van der Waals surface area contributed by atoms with E-state index in [4.69, 9.17) is 0 Å². The number of benzene rings is 1. The Morgan fingerprint density at radius 3 is 2.71 bits per heavy atom. The second-order valence-corrected chi connectivity index (χ2v) is 5.31. The average Bonchev–Trinajstić information content (AvgIpc) is 2.34. The fourth-order valence-electron chi connectivity index (χ4n) is 1.76. The number of carbonyl (C=O) groups is 1. The highest BCUT2D eigenvalue weighted by molar-refractivity contribution is 8.01. The topological polar surface area (TPSA) is 20.3 Å². The van der Waals surface area contributed by atoms with Crippen LogP contribution in [0.3, 0.4) is 0 Å². The number of amides is 1. The third kappa shape index (κ3) is 2.29. The summed E-state index contributed by atoms with van der Waals surface area (Å²) in [6.07, 6.45) is -1.71. The molecule has 1 aliphatic rings. The molecule has 1 fully saturated rings. The standard InChI is InChI=1S/C12H13F2NOS/c1-15-8-7-10(13)12(14,11(15)16)17-9-5-3-2-4-6-9/h2-6,10H,7-8H2,1H3/t10-,12-/m0/s1. The number of alkyl halides is 2. The molecule has 1 amide bonds. The van der Waals surface area contributed by atoms with E-state index in [1.807, 2.05) is 0 Å².